The van der Waals surface area contributed by atoms with Crippen LogP contribution in [0.2, 0.25) is 0 Å². The fourth-order valence-corrected chi connectivity index (χ4v) is 1.51. The van der Waals surface area contributed by atoms with Crippen molar-refractivity contribution >= 4 is 11.8 Å². The first-order valence-corrected chi connectivity index (χ1v) is 6.95. The summed E-state index contributed by atoms with van der Waals surface area (Å²) in [5.41, 5.74) is 1.67. The highest BCUT2D eigenvalue weighted by atomic mass is 16.5. The summed E-state index contributed by atoms with van der Waals surface area (Å²) in [6, 6.07) is 3.51. The number of allylic oxidation sites excluding steroid dienone is 2. The van der Waals surface area contributed by atoms with E-state index in [1.807, 2.05) is 6.08 Å². The smallest absolute Gasteiger partial charge is 0.412 e. The molecule has 1 N–H and O–H groups in total. The summed E-state index contributed by atoms with van der Waals surface area (Å²) in [5.74, 6) is 0. The van der Waals surface area contributed by atoms with Crippen LogP contribution >= 0.6 is 0 Å². The van der Waals surface area contributed by atoms with Crippen LogP contribution in [0.5, 0.6) is 0 Å². The van der Waals surface area contributed by atoms with Crippen molar-refractivity contribution in [2.75, 3.05) is 11.9 Å². The van der Waals surface area contributed by atoms with Crippen molar-refractivity contribution in [1.29, 1.82) is 0 Å². The Morgan fingerprint density at radius 2 is 2.25 bits per heavy atom. The molecule has 0 aromatic carbocycles. The molecule has 0 unspecified atom stereocenters. The molecule has 1 amide bonds. The third-order valence-electron chi connectivity index (χ3n) is 2.35. The largest absolute Gasteiger partial charge is 0.444 e. The van der Waals surface area contributed by atoms with Gasteiger partial charge in [0.15, 0.2) is 0 Å². The van der Waals surface area contributed by atoms with Gasteiger partial charge in [-0.1, -0.05) is 38.5 Å². The number of aromatic nitrogens is 1. The molecule has 1 aromatic rings. The average Bonchev–Trinajstić information content (AvgIpc) is 2.48. The minimum absolute atomic E-state index is 0. The van der Waals surface area contributed by atoms with Crippen LogP contribution in [0.3, 0.4) is 0 Å². The second-order valence-corrected chi connectivity index (χ2v) is 4.41. The van der Waals surface area contributed by atoms with Gasteiger partial charge >= 0.3 is 6.09 Å². The maximum atomic E-state index is 11.4. The first kappa shape index (κ1) is 16.0. The molecule has 0 fully saturated rings. The molecule has 0 atom stereocenters. The number of carbonyl (C=O) groups excluding carboxylic acids is 1. The molecular formula is C16H24N2O2. The molecule has 110 valence electrons. The predicted molar refractivity (Wildman–Crippen MR) is 83.7 cm³/mol. The SMILES string of the molecule is CCC.O=C(Nc1cccnc1)OCC1=CCCC=C1.[HH]. The number of rotatable bonds is 3. The van der Waals surface area contributed by atoms with E-state index in [1.54, 1.807) is 24.5 Å². The minimum atomic E-state index is -0.460. The Morgan fingerprint density at radius 3 is 2.85 bits per heavy atom. The lowest BCUT2D eigenvalue weighted by molar-refractivity contribution is 0.172. The number of ether oxygens (including phenoxy) is 1. The maximum Gasteiger partial charge on any atom is 0.412 e. The minimum Gasteiger partial charge on any atom is -0.444 e. The zero-order valence-electron chi connectivity index (χ0n) is 12.1. The van der Waals surface area contributed by atoms with E-state index in [9.17, 15) is 4.79 Å². The Bertz CT molecular complexity index is 459. The van der Waals surface area contributed by atoms with Crippen LogP contribution in [0.15, 0.2) is 48.3 Å². The third-order valence-corrected chi connectivity index (χ3v) is 2.35. The summed E-state index contributed by atoms with van der Waals surface area (Å²) in [5, 5.41) is 2.61. The van der Waals surface area contributed by atoms with Gasteiger partial charge in [-0.15, -0.1) is 0 Å². The first-order valence-electron chi connectivity index (χ1n) is 6.95. The van der Waals surface area contributed by atoms with E-state index in [0.717, 1.165) is 18.4 Å². The van der Waals surface area contributed by atoms with Crippen LogP contribution in [-0.4, -0.2) is 17.7 Å². The highest BCUT2D eigenvalue weighted by Gasteiger charge is 2.04. The Labute approximate surface area is 122 Å². The average molecular weight is 276 g/mol. The number of carbonyl (C=O) groups is 1. The van der Waals surface area contributed by atoms with Crippen molar-refractivity contribution in [2.45, 2.75) is 33.1 Å². The Morgan fingerprint density at radius 1 is 1.45 bits per heavy atom. The molecule has 4 nitrogen and oxygen atoms in total. The Balaban J connectivity index is 0.000000922. The van der Waals surface area contributed by atoms with Crippen LogP contribution in [0.25, 0.3) is 0 Å². The quantitative estimate of drug-likeness (QED) is 0.879. The molecule has 0 aliphatic heterocycles. The van der Waals surface area contributed by atoms with Crippen LogP contribution < -0.4 is 5.32 Å². The highest BCUT2D eigenvalue weighted by molar-refractivity contribution is 5.84. The molecule has 4 heteroatoms. The molecule has 20 heavy (non-hydrogen) atoms. The van der Waals surface area contributed by atoms with Crippen LogP contribution in [0.1, 0.15) is 34.5 Å². The van der Waals surface area contributed by atoms with E-state index in [2.05, 4.69) is 36.3 Å². The number of hydrogen-bond donors (Lipinski definition) is 1. The third kappa shape index (κ3) is 6.73. The van der Waals surface area contributed by atoms with Crippen LogP contribution in [-0.2, 0) is 4.74 Å². The van der Waals surface area contributed by atoms with Crippen molar-refractivity contribution in [3.63, 3.8) is 0 Å². The lowest BCUT2D eigenvalue weighted by Gasteiger charge is -2.09. The Kier molecular flexibility index (Phi) is 7.80. The maximum absolute atomic E-state index is 11.4. The summed E-state index contributed by atoms with van der Waals surface area (Å²) in [7, 11) is 0. The van der Waals surface area contributed by atoms with Crippen molar-refractivity contribution < 1.29 is 11.0 Å². The molecule has 0 saturated heterocycles. The Hall–Kier alpha value is -2.10. The number of amides is 1. The van der Waals surface area contributed by atoms with Gasteiger partial charge in [-0.25, -0.2) is 4.79 Å². The molecule has 1 aliphatic carbocycles. The van der Waals surface area contributed by atoms with E-state index in [-0.39, 0.29) is 1.43 Å². The standard InChI is InChI=1S/C13H14N2O2.C3H8.H2/c16-13(15-12-7-4-8-14-9-12)17-10-11-5-2-1-3-6-11;1-3-2;/h2,4-9H,1,3,10H2,(H,15,16);3H2,1-2H3;1H. The van der Waals surface area contributed by atoms with Gasteiger partial charge in [0.05, 0.1) is 11.9 Å². The molecule has 2 rings (SSSR count). The topological polar surface area (TPSA) is 51.2 Å². The zero-order chi connectivity index (χ0) is 14.6. The van der Waals surface area contributed by atoms with Crippen LogP contribution in [0.4, 0.5) is 10.5 Å². The number of anilines is 1. The van der Waals surface area contributed by atoms with E-state index >= 15 is 0 Å². The van der Waals surface area contributed by atoms with Crippen molar-refractivity contribution in [1.82, 2.24) is 4.98 Å². The lowest BCUT2D eigenvalue weighted by atomic mass is 10.1. The van der Waals surface area contributed by atoms with Gasteiger partial charge in [0.2, 0.25) is 0 Å². The van der Waals surface area contributed by atoms with E-state index in [0.29, 0.717) is 12.3 Å². The zero-order valence-corrected chi connectivity index (χ0v) is 12.1. The number of hydrogen-bond acceptors (Lipinski definition) is 3. The van der Waals surface area contributed by atoms with Gasteiger partial charge in [-0.05, 0) is 30.5 Å². The van der Waals surface area contributed by atoms with Gasteiger partial charge in [0.25, 0.3) is 0 Å². The molecular weight excluding hydrogens is 252 g/mol. The second kappa shape index (κ2) is 9.78. The summed E-state index contributed by atoms with van der Waals surface area (Å²) in [6.45, 7) is 4.56. The van der Waals surface area contributed by atoms with Crippen molar-refractivity contribution in [3.8, 4) is 0 Å². The first-order chi connectivity index (χ1) is 9.76. The van der Waals surface area contributed by atoms with Gasteiger partial charge in [-0.2, -0.15) is 0 Å². The monoisotopic (exact) mass is 276 g/mol. The molecule has 0 radical (unpaired) electrons. The van der Waals surface area contributed by atoms with Crippen molar-refractivity contribution in [2.24, 2.45) is 0 Å². The van der Waals surface area contributed by atoms with E-state index in [4.69, 9.17) is 4.74 Å². The van der Waals surface area contributed by atoms with Gasteiger partial charge in [0, 0.05) is 7.62 Å². The van der Waals surface area contributed by atoms with Gasteiger partial charge in [-0.3, -0.25) is 10.3 Å². The molecule has 0 saturated carbocycles. The second-order valence-electron chi connectivity index (χ2n) is 4.41. The van der Waals surface area contributed by atoms with Gasteiger partial charge in [0.1, 0.15) is 6.61 Å². The molecule has 1 aliphatic rings. The number of pyridine rings is 1. The summed E-state index contributed by atoms with van der Waals surface area (Å²) >= 11 is 0. The number of nitrogens with one attached hydrogen (secondary N) is 1. The summed E-state index contributed by atoms with van der Waals surface area (Å²) < 4.78 is 5.09. The molecule has 0 spiro atoms. The fourth-order valence-electron chi connectivity index (χ4n) is 1.51. The molecule has 1 heterocycles. The summed E-state index contributed by atoms with van der Waals surface area (Å²) in [6.07, 6.45) is 12.2. The highest BCUT2D eigenvalue weighted by Crippen LogP contribution is 2.10. The predicted octanol–water partition coefficient (Wildman–Crippen LogP) is 4.57. The van der Waals surface area contributed by atoms with E-state index < -0.39 is 6.09 Å². The fraction of sp³-hybridized carbons (Fsp3) is 0.375. The van der Waals surface area contributed by atoms with E-state index in [1.165, 1.54) is 6.42 Å². The lowest BCUT2D eigenvalue weighted by Crippen LogP contribution is -2.15. The number of nitrogens with zero attached hydrogens (tertiary/aromatic N) is 1. The molecule has 0 bridgehead atoms. The molecule has 1 aromatic heterocycles. The summed E-state index contributed by atoms with van der Waals surface area (Å²) in [4.78, 5) is 15.3. The van der Waals surface area contributed by atoms with Crippen molar-refractivity contribution in [3.05, 3.63) is 48.3 Å². The van der Waals surface area contributed by atoms with Crippen LogP contribution in [0, 0.1) is 0 Å². The normalized spacial score (nSPS) is 12.8. The van der Waals surface area contributed by atoms with Gasteiger partial charge < -0.3 is 4.74 Å².